The summed E-state index contributed by atoms with van der Waals surface area (Å²) in [6.45, 7) is 2.34. The van der Waals surface area contributed by atoms with Crippen molar-refractivity contribution in [2.45, 2.75) is 18.0 Å². The van der Waals surface area contributed by atoms with Crippen molar-refractivity contribution in [1.29, 1.82) is 0 Å². The summed E-state index contributed by atoms with van der Waals surface area (Å²) >= 11 is 0. The van der Waals surface area contributed by atoms with Crippen LogP contribution in [0.25, 0.3) is 0 Å². The molecule has 0 bridgehead atoms. The zero-order valence-electron chi connectivity index (χ0n) is 7.21. The molecule has 2 nitrogen and oxygen atoms in total. The largest absolute Gasteiger partial charge is 0.478 e. The molecule has 9 heteroatoms. The van der Waals surface area contributed by atoms with Crippen LogP contribution in [0.4, 0.5) is 30.7 Å². The van der Waals surface area contributed by atoms with E-state index in [1.54, 1.807) is 0 Å². The molecule has 0 aliphatic carbocycles. The fraction of sp³-hybridized carbons (Fsp3) is 0.429. The van der Waals surface area contributed by atoms with Crippen LogP contribution < -0.4 is 0 Å². The monoisotopic (exact) mass is 252 g/mol. The van der Waals surface area contributed by atoms with Crippen molar-refractivity contribution >= 4 is 5.97 Å². The predicted molar refractivity (Wildman–Crippen MR) is 36.0 cm³/mol. The maximum Gasteiger partial charge on any atom is 0.459 e. The molecule has 0 aliphatic rings. The number of carbonyl (C=O) groups is 1. The molecule has 0 spiro atoms. The van der Waals surface area contributed by atoms with E-state index in [4.69, 9.17) is 5.11 Å². The van der Waals surface area contributed by atoms with Crippen LogP contribution in [0.15, 0.2) is 12.2 Å². The minimum atomic E-state index is -6.53. The highest BCUT2D eigenvalue weighted by Gasteiger charge is 2.73. The first-order chi connectivity index (χ1) is 6.83. The van der Waals surface area contributed by atoms with E-state index >= 15 is 0 Å². The summed E-state index contributed by atoms with van der Waals surface area (Å²) in [7, 11) is 0. The van der Waals surface area contributed by atoms with Gasteiger partial charge in [0.2, 0.25) is 0 Å². The smallest absolute Gasteiger partial charge is 0.459 e. The first kappa shape index (κ1) is 14.7. The van der Waals surface area contributed by atoms with Gasteiger partial charge in [-0.05, 0) is 0 Å². The lowest BCUT2D eigenvalue weighted by atomic mass is 10.0. The van der Waals surface area contributed by atoms with E-state index in [-0.39, 0.29) is 6.42 Å². The fourth-order valence-electron chi connectivity index (χ4n) is 0.499. The summed E-state index contributed by atoms with van der Waals surface area (Å²) in [4.78, 5) is 9.93. The number of hydrogen-bond donors (Lipinski definition) is 1. The predicted octanol–water partition coefficient (Wildman–Crippen LogP) is 2.54. The molecule has 0 aliphatic heterocycles. The molecule has 0 saturated heterocycles. The van der Waals surface area contributed by atoms with Crippen molar-refractivity contribution in [1.82, 2.24) is 0 Å². The van der Waals surface area contributed by atoms with Crippen LogP contribution in [0.5, 0.6) is 0 Å². The highest BCUT2D eigenvalue weighted by atomic mass is 19.4. The van der Waals surface area contributed by atoms with Gasteiger partial charge in [-0.2, -0.15) is 30.7 Å². The Labute approximate surface area is 84.4 Å². The number of halogens is 7. The molecule has 0 heterocycles. The molecule has 0 fully saturated rings. The van der Waals surface area contributed by atoms with E-state index in [9.17, 15) is 35.5 Å². The highest BCUT2D eigenvalue weighted by Crippen LogP contribution is 2.48. The third-order valence-corrected chi connectivity index (χ3v) is 1.32. The van der Waals surface area contributed by atoms with E-state index in [1.807, 2.05) is 0 Å². The van der Waals surface area contributed by atoms with Crippen LogP contribution in [-0.2, 0) is 4.79 Å². The number of carboxylic acid groups (broad SMARTS) is 1. The maximum atomic E-state index is 12.4. The number of rotatable bonds is 4. The highest BCUT2D eigenvalue weighted by molar-refractivity contribution is 5.88. The maximum absolute atomic E-state index is 12.4. The van der Waals surface area contributed by atoms with Gasteiger partial charge in [-0.15, -0.1) is 0 Å². The van der Waals surface area contributed by atoms with Gasteiger partial charge < -0.3 is 5.11 Å². The first-order valence-electron chi connectivity index (χ1n) is 3.35. The van der Waals surface area contributed by atoms with Crippen LogP contribution in [0.3, 0.4) is 0 Å². The molecule has 16 heavy (non-hydrogen) atoms. The Balaban J connectivity index is 5.06. The van der Waals surface area contributed by atoms with Gasteiger partial charge in [0.05, 0.1) is 0 Å². The zero-order valence-corrected chi connectivity index (χ0v) is 7.21. The minimum absolute atomic E-state index is 0.205. The van der Waals surface area contributed by atoms with Gasteiger partial charge in [0.15, 0.2) is 0 Å². The average Bonchev–Trinajstić information content (AvgIpc) is 2.00. The van der Waals surface area contributed by atoms with Crippen LogP contribution in [0.2, 0.25) is 0 Å². The minimum Gasteiger partial charge on any atom is -0.478 e. The van der Waals surface area contributed by atoms with Gasteiger partial charge in [0.1, 0.15) is 6.42 Å². The summed E-state index contributed by atoms with van der Waals surface area (Å²) in [6, 6.07) is 0. The summed E-state index contributed by atoms with van der Waals surface area (Å²) in [5.74, 6) is -14.4. The molecule has 0 aromatic rings. The van der Waals surface area contributed by atoms with Crippen LogP contribution >= 0.6 is 0 Å². The Hall–Kier alpha value is -1.28. The number of carboxylic acids is 1. The lowest BCUT2D eigenvalue weighted by Crippen LogP contribution is -2.52. The molecule has 0 unspecified atom stereocenters. The SMILES string of the molecule is C=C([C]C(F)(F)C(F)(F)C(F)(F)F)C(=O)O. The number of alkyl halides is 7. The lowest BCUT2D eigenvalue weighted by molar-refractivity contribution is -0.345. The first-order valence-corrected chi connectivity index (χ1v) is 3.35. The van der Waals surface area contributed by atoms with Gasteiger partial charge >= 0.3 is 24.0 Å². The molecule has 2 radical (unpaired) electrons. The normalized spacial score (nSPS) is 13.7. The second kappa shape index (κ2) is 3.95. The molecule has 0 saturated carbocycles. The summed E-state index contributed by atoms with van der Waals surface area (Å²) in [5, 5.41) is 7.99. The van der Waals surface area contributed by atoms with Crippen molar-refractivity contribution < 1.29 is 40.6 Å². The van der Waals surface area contributed by atoms with Crippen LogP contribution in [-0.4, -0.2) is 29.1 Å². The molecule has 0 aromatic carbocycles. The van der Waals surface area contributed by atoms with Crippen molar-refractivity contribution in [2.24, 2.45) is 0 Å². The lowest BCUT2D eigenvalue weighted by Gasteiger charge is -2.27. The molecule has 1 N–H and O–H groups in total. The van der Waals surface area contributed by atoms with Crippen LogP contribution in [0, 0.1) is 6.42 Å². The second-order valence-electron chi connectivity index (χ2n) is 2.56. The van der Waals surface area contributed by atoms with Gasteiger partial charge in [-0.1, -0.05) is 6.58 Å². The quantitative estimate of drug-likeness (QED) is 0.616. The van der Waals surface area contributed by atoms with Gasteiger partial charge in [0.25, 0.3) is 0 Å². The summed E-state index contributed by atoms with van der Waals surface area (Å²) in [6.07, 6.45) is -6.32. The van der Waals surface area contributed by atoms with Crippen molar-refractivity contribution in [2.75, 3.05) is 0 Å². The molecule has 0 rings (SSSR count). The molecule has 0 aromatic heterocycles. The Morgan fingerprint density at radius 1 is 1.06 bits per heavy atom. The Morgan fingerprint density at radius 2 is 1.44 bits per heavy atom. The topological polar surface area (TPSA) is 37.3 Å². The Kier molecular flexibility index (Phi) is 3.63. The van der Waals surface area contributed by atoms with Crippen molar-refractivity contribution in [3.8, 4) is 0 Å². The summed E-state index contributed by atoms with van der Waals surface area (Å²) < 4.78 is 83.7. The summed E-state index contributed by atoms with van der Waals surface area (Å²) in [5.41, 5.74) is -1.69. The van der Waals surface area contributed by atoms with Crippen molar-refractivity contribution in [3.05, 3.63) is 18.6 Å². The third kappa shape index (κ3) is 2.64. The zero-order chi connectivity index (χ0) is 13.4. The van der Waals surface area contributed by atoms with E-state index in [1.165, 1.54) is 0 Å². The molecule has 0 atom stereocenters. The molecular weight excluding hydrogens is 249 g/mol. The molecule has 92 valence electrons. The average molecular weight is 252 g/mol. The standard InChI is InChI=1S/C7H3F7O2/c1-3(4(15)16)2-5(8,9)6(10,11)7(12,13)14/h1H2,(H,15,16). The van der Waals surface area contributed by atoms with Crippen molar-refractivity contribution in [3.63, 3.8) is 0 Å². The Bertz CT molecular complexity index is 304. The second-order valence-corrected chi connectivity index (χ2v) is 2.56. The van der Waals surface area contributed by atoms with E-state index in [0.29, 0.717) is 0 Å². The molecule has 0 amide bonds. The Morgan fingerprint density at radius 3 is 1.69 bits per heavy atom. The van der Waals surface area contributed by atoms with E-state index < -0.39 is 29.6 Å². The number of hydrogen-bond acceptors (Lipinski definition) is 1. The van der Waals surface area contributed by atoms with Gasteiger partial charge in [-0.25, -0.2) is 4.79 Å². The van der Waals surface area contributed by atoms with E-state index in [0.717, 1.165) is 0 Å². The van der Waals surface area contributed by atoms with Crippen LogP contribution in [0.1, 0.15) is 0 Å². The van der Waals surface area contributed by atoms with Gasteiger partial charge in [-0.3, -0.25) is 0 Å². The van der Waals surface area contributed by atoms with E-state index in [2.05, 4.69) is 6.58 Å². The molecular formula is C7H3F7O2. The fourth-order valence-corrected chi connectivity index (χ4v) is 0.499. The number of aliphatic carboxylic acids is 1. The third-order valence-electron chi connectivity index (χ3n) is 1.32. The van der Waals surface area contributed by atoms with Gasteiger partial charge in [0, 0.05) is 5.57 Å².